The lowest BCUT2D eigenvalue weighted by Gasteiger charge is -2.34. The number of hydrogen-bond donors (Lipinski definition) is 5. The van der Waals surface area contributed by atoms with Crippen LogP contribution >= 0.6 is 0 Å². The van der Waals surface area contributed by atoms with Crippen molar-refractivity contribution in [2.24, 2.45) is 17.6 Å². The van der Waals surface area contributed by atoms with E-state index < -0.39 is 87.9 Å². The average molecular weight is 825 g/mol. The Morgan fingerprint density at radius 1 is 0.897 bits per heavy atom. The van der Waals surface area contributed by atoms with Crippen molar-refractivity contribution in [2.45, 2.75) is 114 Å². The Labute approximate surface area is 339 Å². The van der Waals surface area contributed by atoms with E-state index in [1.54, 1.807) is 55.5 Å². The Morgan fingerprint density at radius 3 is 2.14 bits per heavy atom. The van der Waals surface area contributed by atoms with Gasteiger partial charge in [-0.3, -0.25) is 28.8 Å². The Morgan fingerprint density at radius 2 is 1.53 bits per heavy atom. The van der Waals surface area contributed by atoms with Crippen LogP contribution in [0.15, 0.2) is 65.6 Å². The molecule has 5 amide bonds. The monoisotopic (exact) mass is 824 g/mol. The molecule has 2 aromatic carbocycles. The summed E-state index contributed by atoms with van der Waals surface area (Å²) < 4.78 is 34.7. The summed E-state index contributed by atoms with van der Waals surface area (Å²) in [5.41, 5.74) is 6.05. The van der Waals surface area contributed by atoms with Crippen molar-refractivity contribution in [3.05, 3.63) is 66.2 Å². The first kappa shape index (κ1) is 45.5. The second kappa shape index (κ2) is 21.6. The highest BCUT2D eigenvalue weighted by Crippen LogP contribution is 2.30. The van der Waals surface area contributed by atoms with Crippen LogP contribution in [0.25, 0.3) is 0 Å². The predicted molar refractivity (Wildman–Crippen MR) is 213 cm³/mol. The lowest BCUT2D eigenvalue weighted by atomic mass is 9.83. The molecule has 0 spiro atoms. The molecular weight excluding hydrogens is 769 g/mol. The van der Waals surface area contributed by atoms with E-state index in [0.29, 0.717) is 24.8 Å². The second-order valence-corrected chi connectivity index (χ2v) is 17.1. The van der Waals surface area contributed by atoms with Crippen LogP contribution in [-0.2, 0) is 43.5 Å². The molecule has 16 nitrogen and oxygen atoms in total. The first-order valence-corrected chi connectivity index (χ1v) is 21.4. The van der Waals surface area contributed by atoms with Crippen LogP contribution in [0.2, 0.25) is 0 Å². The molecule has 316 valence electrons. The molecule has 1 saturated carbocycles. The first-order valence-electron chi connectivity index (χ1n) is 19.9. The molecule has 0 aromatic heterocycles. The standard InChI is InChI=1S/C41H56N6O10S/c1-4-14-33(36(49)39(52)43-23-30(48)22-32(37(42)50)27-15-8-5-9-16-27)44-38(51)34-21-29(46-58(55,56)31-19-12-7-13-20-31)24-47(34)40(53)35(28-17-10-6-11-18-28)45-41(54)57-25-26(2)3/h5,7-9,12-13,15-16,19-20,26,28-29,32-35,46H,4,6,10-11,14,17-18,21-25H2,1-3H3,(H2,42,50)(H,43,52)(H,44,51)(H,45,54)/t29-,32+,33+,34?,35+/m1/s1. The summed E-state index contributed by atoms with van der Waals surface area (Å²) in [5.74, 6) is -6.04. The van der Waals surface area contributed by atoms with Crippen LogP contribution in [-0.4, -0.2) is 98.5 Å². The number of alkyl carbamates (subject to hydrolysis) is 1. The highest BCUT2D eigenvalue weighted by molar-refractivity contribution is 7.89. The number of carbonyl (C=O) groups excluding carboxylic acids is 7. The first-order chi connectivity index (χ1) is 27.6. The lowest BCUT2D eigenvalue weighted by Crippen LogP contribution is -2.58. The average Bonchev–Trinajstić information content (AvgIpc) is 3.63. The fraction of sp³-hybridized carbons (Fsp3) is 0.537. The maximum absolute atomic E-state index is 14.5. The number of sulfonamides is 1. The molecule has 1 aliphatic heterocycles. The van der Waals surface area contributed by atoms with E-state index in [1.807, 2.05) is 13.8 Å². The predicted octanol–water partition coefficient (Wildman–Crippen LogP) is 2.46. The molecule has 6 N–H and O–H groups in total. The van der Waals surface area contributed by atoms with Crippen LogP contribution in [0.1, 0.15) is 90.0 Å². The SMILES string of the molecule is CCC[C@H](NC(=O)C1C[C@@H](NS(=O)(=O)c2ccccc2)CN1C(=O)[C@@H](NC(=O)OCC(C)C)C1CCCCC1)C(=O)C(=O)NCC(=O)C[C@H](C(N)=O)c1ccccc1. The third kappa shape index (κ3) is 12.9. The van der Waals surface area contributed by atoms with E-state index in [4.69, 9.17) is 10.5 Å². The minimum absolute atomic E-state index is 0.0151. The fourth-order valence-corrected chi connectivity index (χ4v) is 8.62. The van der Waals surface area contributed by atoms with Gasteiger partial charge in [0.15, 0.2) is 5.78 Å². The minimum atomic E-state index is -4.08. The van der Waals surface area contributed by atoms with Gasteiger partial charge in [0.25, 0.3) is 5.91 Å². The van der Waals surface area contributed by atoms with E-state index in [2.05, 4.69) is 20.7 Å². The Bertz CT molecular complexity index is 1870. The molecule has 1 aliphatic carbocycles. The van der Waals surface area contributed by atoms with Gasteiger partial charge in [0.05, 0.1) is 30.0 Å². The van der Waals surface area contributed by atoms with Gasteiger partial charge in [0, 0.05) is 19.0 Å². The zero-order chi connectivity index (χ0) is 42.4. The van der Waals surface area contributed by atoms with Crippen molar-refractivity contribution in [1.82, 2.24) is 25.6 Å². The number of nitrogens with zero attached hydrogens (tertiary/aromatic N) is 1. The van der Waals surface area contributed by atoms with Crippen molar-refractivity contribution in [3.8, 4) is 0 Å². The quantitative estimate of drug-likeness (QED) is 0.122. The maximum atomic E-state index is 14.5. The number of nitrogens with one attached hydrogen (secondary N) is 4. The molecule has 17 heteroatoms. The van der Waals surface area contributed by atoms with Crippen LogP contribution < -0.4 is 26.4 Å². The summed E-state index contributed by atoms with van der Waals surface area (Å²) in [6.07, 6.45) is 3.01. The van der Waals surface area contributed by atoms with Gasteiger partial charge >= 0.3 is 6.09 Å². The molecule has 0 radical (unpaired) electrons. The van der Waals surface area contributed by atoms with E-state index in [9.17, 15) is 42.0 Å². The smallest absolute Gasteiger partial charge is 0.407 e. The number of amides is 5. The highest BCUT2D eigenvalue weighted by Gasteiger charge is 2.46. The molecule has 4 rings (SSSR count). The van der Waals surface area contributed by atoms with Crippen LogP contribution in [0.3, 0.4) is 0 Å². The summed E-state index contributed by atoms with van der Waals surface area (Å²) in [6, 6.07) is 11.4. The number of Topliss-reactive ketones (excluding diaryl/α,β-unsaturated/α-hetero) is 2. The van der Waals surface area contributed by atoms with Gasteiger partial charge < -0.3 is 31.3 Å². The van der Waals surface area contributed by atoms with Gasteiger partial charge in [-0.15, -0.1) is 0 Å². The second-order valence-electron chi connectivity index (χ2n) is 15.4. The molecule has 1 heterocycles. The van der Waals surface area contributed by atoms with Crippen molar-refractivity contribution in [2.75, 3.05) is 19.7 Å². The number of ketones is 2. The number of hydrogen-bond acceptors (Lipinski definition) is 10. The van der Waals surface area contributed by atoms with E-state index in [0.717, 1.165) is 19.3 Å². The third-order valence-corrected chi connectivity index (χ3v) is 11.9. The summed E-state index contributed by atoms with van der Waals surface area (Å²) in [4.78, 5) is 94.3. The molecule has 2 aliphatic rings. The molecule has 5 atom stereocenters. The molecule has 2 fully saturated rings. The number of ether oxygens (including phenoxy) is 1. The Hall–Kier alpha value is -5.16. The highest BCUT2D eigenvalue weighted by atomic mass is 32.2. The summed E-state index contributed by atoms with van der Waals surface area (Å²) in [5, 5.41) is 7.63. The minimum Gasteiger partial charge on any atom is -0.449 e. The van der Waals surface area contributed by atoms with E-state index in [1.165, 1.54) is 17.0 Å². The fourth-order valence-electron chi connectivity index (χ4n) is 7.36. The molecule has 58 heavy (non-hydrogen) atoms. The van der Waals surface area contributed by atoms with Crippen molar-refractivity contribution < 1.29 is 46.7 Å². The number of likely N-dealkylation sites (tertiary alicyclic amines) is 1. The van der Waals surface area contributed by atoms with E-state index in [-0.39, 0.29) is 49.1 Å². The van der Waals surface area contributed by atoms with Crippen LogP contribution in [0.4, 0.5) is 4.79 Å². The summed E-state index contributed by atoms with van der Waals surface area (Å²) >= 11 is 0. The molecular formula is C41H56N6O10S. The zero-order valence-corrected chi connectivity index (χ0v) is 34.1. The summed E-state index contributed by atoms with van der Waals surface area (Å²) in [7, 11) is -4.08. The molecule has 1 saturated heterocycles. The Balaban J connectivity index is 1.53. The van der Waals surface area contributed by atoms with Crippen LogP contribution in [0, 0.1) is 11.8 Å². The van der Waals surface area contributed by atoms with Gasteiger partial charge in [-0.1, -0.05) is 95.0 Å². The normalized spacial score (nSPS) is 18.7. The van der Waals surface area contributed by atoms with Gasteiger partial charge in [-0.25, -0.2) is 17.9 Å². The largest absolute Gasteiger partial charge is 0.449 e. The van der Waals surface area contributed by atoms with Crippen molar-refractivity contribution in [1.29, 1.82) is 0 Å². The van der Waals surface area contributed by atoms with Gasteiger partial charge in [-0.05, 0) is 55.2 Å². The molecule has 1 unspecified atom stereocenters. The van der Waals surface area contributed by atoms with E-state index >= 15 is 0 Å². The van der Waals surface area contributed by atoms with Crippen molar-refractivity contribution >= 4 is 51.3 Å². The van der Waals surface area contributed by atoms with Gasteiger partial charge in [0.1, 0.15) is 12.1 Å². The van der Waals surface area contributed by atoms with Crippen molar-refractivity contribution in [3.63, 3.8) is 0 Å². The maximum Gasteiger partial charge on any atom is 0.407 e. The Kier molecular flexibility index (Phi) is 16.9. The number of carbonyl (C=O) groups is 7. The third-order valence-electron chi connectivity index (χ3n) is 10.3. The van der Waals surface area contributed by atoms with Gasteiger partial charge in [0.2, 0.25) is 33.5 Å². The molecule has 0 bridgehead atoms. The topological polar surface area (TPSA) is 240 Å². The lowest BCUT2D eigenvalue weighted by molar-refractivity contribution is -0.143. The number of benzene rings is 2. The zero-order valence-electron chi connectivity index (χ0n) is 33.3. The van der Waals surface area contributed by atoms with Crippen LogP contribution in [0.5, 0.6) is 0 Å². The molecule has 2 aromatic rings. The number of primary amides is 1. The number of nitrogens with two attached hydrogens (primary N) is 1. The summed E-state index contributed by atoms with van der Waals surface area (Å²) in [6.45, 7) is 4.80. The number of rotatable bonds is 20. The van der Waals surface area contributed by atoms with Gasteiger partial charge in [-0.2, -0.15) is 0 Å².